The molecular formula is C13H15N3O3. The smallest absolute Gasteiger partial charge is 0.331 e. The molecule has 0 aliphatic rings. The zero-order chi connectivity index (χ0) is 13.7. The fourth-order valence-electron chi connectivity index (χ4n) is 1.64. The van der Waals surface area contributed by atoms with Crippen molar-refractivity contribution in [2.45, 2.75) is 13.5 Å². The quantitative estimate of drug-likeness (QED) is 0.880. The average Bonchev–Trinajstić information content (AvgIpc) is 2.94. The molecule has 1 aromatic carbocycles. The molecule has 100 valence electrons. The monoisotopic (exact) mass is 261 g/mol. The van der Waals surface area contributed by atoms with Gasteiger partial charge in [0.05, 0.1) is 13.2 Å². The van der Waals surface area contributed by atoms with Crippen molar-refractivity contribution in [1.82, 2.24) is 9.55 Å². The van der Waals surface area contributed by atoms with Crippen LogP contribution in [0.3, 0.4) is 0 Å². The Balaban J connectivity index is 2.15. The molecule has 0 atom stereocenters. The van der Waals surface area contributed by atoms with E-state index in [2.05, 4.69) is 10.3 Å². The van der Waals surface area contributed by atoms with Crippen molar-refractivity contribution in [2.75, 3.05) is 11.9 Å². The highest BCUT2D eigenvalue weighted by molar-refractivity contribution is 5.91. The van der Waals surface area contributed by atoms with Gasteiger partial charge in [-0.1, -0.05) is 0 Å². The van der Waals surface area contributed by atoms with Crippen molar-refractivity contribution >= 4 is 11.7 Å². The number of nitrogens with zero attached hydrogens (tertiary/aromatic N) is 2. The molecule has 0 saturated carbocycles. The van der Waals surface area contributed by atoms with Gasteiger partial charge in [0.1, 0.15) is 12.1 Å². The summed E-state index contributed by atoms with van der Waals surface area (Å²) in [5.74, 6) is 0.616. The van der Waals surface area contributed by atoms with Gasteiger partial charge in [0.15, 0.2) is 0 Å². The van der Waals surface area contributed by atoms with E-state index in [-0.39, 0.29) is 12.6 Å². The fourth-order valence-corrected chi connectivity index (χ4v) is 1.64. The van der Waals surface area contributed by atoms with Crippen LogP contribution in [0, 0.1) is 0 Å². The molecule has 0 saturated heterocycles. The molecule has 1 amide bonds. The molecule has 0 aliphatic carbocycles. The first-order valence-corrected chi connectivity index (χ1v) is 5.90. The summed E-state index contributed by atoms with van der Waals surface area (Å²) < 4.78 is 6.70. The summed E-state index contributed by atoms with van der Waals surface area (Å²) in [5, 5.41) is 12.0. The van der Waals surface area contributed by atoms with E-state index in [9.17, 15) is 9.90 Å². The lowest BCUT2D eigenvalue weighted by Crippen LogP contribution is -2.17. The molecule has 1 aromatic heterocycles. The first-order valence-electron chi connectivity index (χ1n) is 5.90. The second-order valence-electron chi connectivity index (χ2n) is 3.81. The van der Waals surface area contributed by atoms with Crippen molar-refractivity contribution in [3.05, 3.63) is 42.5 Å². The summed E-state index contributed by atoms with van der Waals surface area (Å²) in [5.41, 5.74) is 1.22. The topological polar surface area (TPSA) is 76.4 Å². The number of ether oxygens (including phenoxy) is 1. The summed E-state index contributed by atoms with van der Waals surface area (Å²) in [6.45, 7) is 2.24. The van der Waals surface area contributed by atoms with E-state index in [1.54, 1.807) is 24.4 Å². The average molecular weight is 261 g/mol. The van der Waals surface area contributed by atoms with Gasteiger partial charge in [0, 0.05) is 23.6 Å². The number of rotatable bonds is 4. The molecule has 6 heteroatoms. The molecule has 2 rings (SSSR count). The Kier molecular flexibility index (Phi) is 4.15. The summed E-state index contributed by atoms with van der Waals surface area (Å²) in [4.78, 5) is 15.6. The normalized spacial score (nSPS) is 10.2. The van der Waals surface area contributed by atoms with Crippen LogP contribution >= 0.6 is 0 Å². The van der Waals surface area contributed by atoms with Crippen LogP contribution in [0.2, 0.25) is 0 Å². The molecule has 0 radical (unpaired) electrons. The molecule has 0 bridgehead atoms. The van der Waals surface area contributed by atoms with Crippen molar-refractivity contribution < 1.29 is 14.6 Å². The van der Waals surface area contributed by atoms with Gasteiger partial charge in [0.2, 0.25) is 0 Å². The highest BCUT2D eigenvalue weighted by Crippen LogP contribution is 2.23. The predicted octanol–water partition coefficient (Wildman–Crippen LogP) is 1.85. The zero-order valence-electron chi connectivity index (χ0n) is 10.5. The van der Waals surface area contributed by atoms with Crippen LogP contribution in [-0.2, 0) is 6.61 Å². The number of aromatic nitrogens is 2. The maximum absolute atomic E-state index is 11.8. The number of carbonyl (C=O) groups is 1. The van der Waals surface area contributed by atoms with Gasteiger partial charge in [-0.2, -0.15) is 0 Å². The standard InChI is InChI=1S/C13H15N3O3/c1-2-19-12-4-3-11(7-10(12)8-17)15-13(18)16-6-5-14-9-16/h3-7,9,17H,2,8H2,1H3,(H,15,18). The number of hydrogen-bond acceptors (Lipinski definition) is 4. The highest BCUT2D eigenvalue weighted by atomic mass is 16.5. The molecular weight excluding hydrogens is 246 g/mol. The Morgan fingerprint density at radius 2 is 2.37 bits per heavy atom. The first-order chi connectivity index (χ1) is 9.24. The summed E-state index contributed by atoms with van der Waals surface area (Å²) in [6, 6.07) is 4.81. The van der Waals surface area contributed by atoms with Gasteiger partial charge in [-0.05, 0) is 25.1 Å². The first kappa shape index (κ1) is 13.1. The van der Waals surface area contributed by atoms with E-state index >= 15 is 0 Å². The minimum Gasteiger partial charge on any atom is -0.494 e. The van der Waals surface area contributed by atoms with Crippen LogP contribution in [-0.4, -0.2) is 27.3 Å². The van der Waals surface area contributed by atoms with Crippen LogP contribution < -0.4 is 10.1 Å². The van der Waals surface area contributed by atoms with E-state index in [4.69, 9.17) is 4.74 Å². The van der Waals surface area contributed by atoms with Gasteiger partial charge in [-0.25, -0.2) is 9.78 Å². The minimum atomic E-state index is -0.314. The van der Waals surface area contributed by atoms with Crippen molar-refractivity contribution in [3.8, 4) is 5.75 Å². The number of nitrogens with one attached hydrogen (secondary N) is 1. The molecule has 0 unspecified atom stereocenters. The van der Waals surface area contributed by atoms with Gasteiger partial charge in [0.25, 0.3) is 0 Å². The second-order valence-corrected chi connectivity index (χ2v) is 3.81. The number of benzene rings is 1. The van der Waals surface area contributed by atoms with Crippen molar-refractivity contribution in [3.63, 3.8) is 0 Å². The lowest BCUT2D eigenvalue weighted by molar-refractivity contribution is 0.253. The third kappa shape index (κ3) is 3.11. The Bertz CT molecular complexity index is 552. The predicted molar refractivity (Wildman–Crippen MR) is 70.2 cm³/mol. The molecule has 0 aliphatic heterocycles. The van der Waals surface area contributed by atoms with Crippen LogP contribution in [0.5, 0.6) is 5.75 Å². The van der Waals surface area contributed by atoms with Gasteiger partial charge < -0.3 is 15.2 Å². The summed E-state index contributed by atoms with van der Waals surface area (Å²) >= 11 is 0. The van der Waals surface area contributed by atoms with Crippen molar-refractivity contribution in [2.24, 2.45) is 0 Å². The maximum atomic E-state index is 11.8. The fraction of sp³-hybridized carbons (Fsp3) is 0.231. The molecule has 6 nitrogen and oxygen atoms in total. The number of imidazole rings is 1. The van der Waals surface area contributed by atoms with E-state index < -0.39 is 0 Å². The van der Waals surface area contributed by atoms with E-state index in [1.807, 2.05) is 6.92 Å². The highest BCUT2D eigenvalue weighted by Gasteiger charge is 2.07. The summed E-state index contributed by atoms with van der Waals surface area (Å²) in [6.07, 6.45) is 4.49. The van der Waals surface area contributed by atoms with E-state index in [0.717, 1.165) is 0 Å². The molecule has 2 N–H and O–H groups in total. The Morgan fingerprint density at radius 3 is 3.00 bits per heavy atom. The van der Waals surface area contributed by atoms with Crippen LogP contribution in [0.15, 0.2) is 36.9 Å². The molecule has 2 aromatic rings. The third-order valence-electron chi connectivity index (χ3n) is 2.52. The van der Waals surface area contributed by atoms with Crippen LogP contribution in [0.1, 0.15) is 12.5 Å². The van der Waals surface area contributed by atoms with Gasteiger partial charge in [-0.15, -0.1) is 0 Å². The van der Waals surface area contributed by atoms with Crippen LogP contribution in [0.25, 0.3) is 0 Å². The lowest BCUT2D eigenvalue weighted by atomic mass is 10.2. The largest absolute Gasteiger partial charge is 0.494 e. The number of amides is 1. The number of aliphatic hydroxyl groups excluding tert-OH is 1. The molecule has 19 heavy (non-hydrogen) atoms. The zero-order valence-corrected chi connectivity index (χ0v) is 10.5. The molecule has 0 fully saturated rings. The third-order valence-corrected chi connectivity index (χ3v) is 2.52. The van der Waals surface area contributed by atoms with E-state index in [0.29, 0.717) is 23.6 Å². The lowest BCUT2D eigenvalue weighted by Gasteiger charge is -2.11. The van der Waals surface area contributed by atoms with E-state index in [1.165, 1.54) is 17.1 Å². The second kappa shape index (κ2) is 6.01. The van der Waals surface area contributed by atoms with Gasteiger partial charge >= 0.3 is 6.03 Å². The molecule has 0 spiro atoms. The maximum Gasteiger partial charge on any atom is 0.331 e. The SMILES string of the molecule is CCOc1ccc(NC(=O)n2ccnc2)cc1CO. The minimum absolute atomic E-state index is 0.149. The number of anilines is 1. The van der Waals surface area contributed by atoms with Crippen molar-refractivity contribution in [1.29, 1.82) is 0 Å². The Morgan fingerprint density at radius 1 is 1.53 bits per heavy atom. The van der Waals surface area contributed by atoms with Gasteiger partial charge in [-0.3, -0.25) is 4.57 Å². The number of carbonyl (C=O) groups excluding carboxylic acids is 1. The number of aliphatic hydroxyl groups is 1. The molecule has 1 heterocycles. The number of hydrogen-bond donors (Lipinski definition) is 2. The summed E-state index contributed by atoms with van der Waals surface area (Å²) in [7, 11) is 0. The Hall–Kier alpha value is -2.34. The van der Waals surface area contributed by atoms with Crippen LogP contribution in [0.4, 0.5) is 10.5 Å². The Labute approximate surface area is 110 Å².